The molecule has 1 aliphatic heterocycles. The highest BCUT2D eigenvalue weighted by molar-refractivity contribution is 5.99. The number of hydrogen-bond acceptors (Lipinski definition) is 5. The number of pyridine rings is 1. The molecule has 0 spiro atoms. The minimum absolute atomic E-state index is 0.0923. The summed E-state index contributed by atoms with van der Waals surface area (Å²) in [4.78, 5) is 25.0. The Morgan fingerprint density at radius 1 is 1.09 bits per heavy atom. The Morgan fingerprint density at radius 3 is 2.83 bits per heavy atom. The van der Waals surface area contributed by atoms with Gasteiger partial charge in [0.2, 0.25) is 11.9 Å². The molecule has 0 saturated heterocycles. The summed E-state index contributed by atoms with van der Waals surface area (Å²) in [6.07, 6.45) is 5.26. The summed E-state index contributed by atoms with van der Waals surface area (Å²) in [6.45, 7) is 0. The second-order valence-corrected chi connectivity index (χ2v) is 5.20. The summed E-state index contributed by atoms with van der Waals surface area (Å²) >= 11 is 0. The zero-order chi connectivity index (χ0) is 15.6. The van der Waals surface area contributed by atoms with E-state index in [1.165, 1.54) is 0 Å². The third-order valence-corrected chi connectivity index (χ3v) is 3.60. The lowest BCUT2D eigenvalue weighted by molar-refractivity contribution is -0.115. The summed E-state index contributed by atoms with van der Waals surface area (Å²) in [5, 5.41) is 6.02. The fourth-order valence-electron chi connectivity index (χ4n) is 2.55. The van der Waals surface area contributed by atoms with Crippen LogP contribution in [0.5, 0.6) is 0 Å². The van der Waals surface area contributed by atoms with Crippen LogP contribution in [0.2, 0.25) is 0 Å². The van der Waals surface area contributed by atoms with Gasteiger partial charge in [-0.3, -0.25) is 9.78 Å². The zero-order valence-electron chi connectivity index (χ0n) is 12.2. The van der Waals surface area contributed by atoms with E-state index in [0.717, 1.165) is 22.5 Å². The first-order valence-corrected chi connectivity index (χ1v) is 7.22. The summed E-state index contributed by atoms with van der Waals surface area (Å²) < 4.78 is 0. The van der Waals surface area contributed by atoms with Gasteiger partial charge in [-0.15, -0.1) is 0 Å². The highest BCUT2D eigenvalue weighted by atomic mass is 16.1. The Labute approximate surface area is 132 Å². The van der Waals surface area contributed by atoms with Crippen molar-refractivity contribution in [1.82, 2.24) is 15.0 Å². The van der Waals surface area contributed by atoms with Crippen LogP contribution in [0.25, 0.3) is 11.3 Å². The van der Waals surface area contributed by atoms with Gasteiger partial charge in [0.05, 0.1) is 24.0 Å². The molecule has 0 fully saturated rings. The zero-order valence-corrected chi connectivity index (χ0v) is 12.2. The van der Waals surface area contributed by atoms with Gasteiger partial charge in [0.15, 0.2) is 0 Å². The summed E-state index contributed by atoms with van der Waals surface area (Å²) in [5.41, 5.74) is 3.96. The Balaban J connectivity index is 1.79. The lowest BCUT2D eigenvalue weighted by Crippen LogP contribution is -2.12. The third kappa shape index (κ3) is 2.62. The molecule has 0 aliphatic carbocycles. The summed E-state index contributed by atoms with van der Waals surface area (Å²) in [6, 6.07) is 11.6. The molecule has 2 N–H and O–H groups in total. The molecule has 0 bridgehead atoms. The number of carbonyl (C=O) groups excluding carboxylic acids is 1. The average molecular weight is 303 g/mol. The SMILES string of the molecule is O=C1Cc2cnc(Nc3ccccc3)nc2-c2ccncc2N1. The largest absolute Gasteiger partial charge is 0.324 e. The van der Waals surface area contributed by atoms with E-state index >= 15 is 0 Å². The standard InChI is InChI=1S/C17H13N5O/c23-15-8-11-9-19-17(20-12-4-2-1-3-5-12)22-16(11)13-6-7-18-10-14(13)21-15/h1-7,9-10H,8H2,(H,21,23)(H,19,20,22). The average Bonchev–Trinajstić information content (AvgIpc) is 2.71. The smallest absolute Gasteiger partial charge is 0.228 e. The van der Waals surface area contributed by atoms with Crippen LogP contribution in [-0.4, -0.2) is 20.9 Å². The second kappa shape index (κ2) is 5.49. The van der Waals surface area contributed by atoms with Crippen molar-refractivity contribution in [3.8, 4) is 11.3 Å². The summed E-state index contributed by atoms with van der Waals surface area (Å²) in [5.74, 6) is 0.400. The minimum Gasteiger partial charge on any atom is -0.324 e. The third-order valence-electron chi connectivity index (χ3n) is 3.60. The molecule has 6 heteroatoms. The van der Waals surface area contributed by atoms with Gasteiger partial charge in [0, 0.05) is 29.2 Å². The van der Waals surface area contributed by atoms with Crippen molar-refractivity contribution in [2.24, 2.45) is 0 Å². The van der Waals surface area contributed by atoms with Gasteiger partial charge in [0.25, 0.3) is 0 Å². The van der Waals surface area contributed by atoms with Crippen LogP contribution in [-0.2, 0) is 11.2 Å². The van der Waals surface area contributed by atoms with E-state index in [-0.39, 0.29) is 12.3 Å². The predicted octanol–water partition coefficient (Wildman–Crippen LogP) is 2.78. The van der Waals surface area contributed by atoms with E-state index in [9.17, 15) is 4.79 Å². The molecule has 1 aliphatic rings. The number of nitrogens with one attached hydrogen (secondary N) is 2. The van der Waals surface area contributed by atoms with Crippen LogP contribution < -0.4 is 10.6 Å². The van der Waals surface area contributed by atoms with Crippen LogP contribution in [0.3, 0.4) is 0 Å². The highest BCUT2D eigenvalue weighted by Crippen LogP contribution is 2.32. The number of aromatic nitrogens is 3. The lowest BCUT2D eigenvalue weighted by atomic mass is 10.1. The van der Waals surface area contributed by atoms with Gasteiger partial charge < -0.3 is 10.6 Å². The number of amides is 1. The maximum atomic E-state index is 12.0. The number of anilines is 3. The van der Waals surface area contributed by atoms with Gasteiger partial charge in [-0.2, -0.15) is 0 Å². The molecule has 4 rings (SSSR count). The van der Waals surface area contributed by atoms with Crippen molar-refractivity contribution in [1.29, 1.82) is 0 Å². The van der Waals surface area contributed by atoms with Crippen molar-refractivity contribution < 1.29 is 4.79 Å². The van der Waals surface area contributed by atoms with Crippen molar-refractivity contribution >= 4 is 23.2 Å². The first kappa shape index (κ1) is 13.4. The van der Waals surface area contributed by atoms with Crippen LogP contribution in [0.15, 0.2) is 55.0 Å². The van der Waals surface area contributed by atoms with Crippen molar-refractivity contribution in [3.63, 3.8) is 0 Å². The van der Waals surface area contributed by atoms with Crippen molar-refractivity contribution in [3.05, 3.63) is 60.6 Å². The molecule has 1 amide bonds. The van der Waals surface area contributed by atoms with E-state index in [2.05, 4.69) is 25.6 Å². The number of para-hydroxylation sites is 1. The first-order chi connectivity index (χ1) is 11.3. The van der Waals surface area contributed by atoms with Gasteiger partial charge in [-0.05, 0) is 18.2 Å². The van der Waals surface area contributed by atoms with E-state index in [1.54, 1.807) is 18.6 Å². The van der Waals surface area contributed by atoms with Gasteiger partial charge in [-0.25, -0.2) is 9.97 Å². The second-order valence-electron chi connectivity index (χ2n) is 5.20. The van der Waals surface area contributed by atoms with Crippen LogP contribution >= 0.6 is 0 Å². The first-order valence-electron chi connectivity index (χ1n) is 7.22. The molecular weight excluding hydrogens is 290 g/mol. The number of carbonyl (C=O) groups is 1. The lowest BCUT2D eigenvalue weighted by Gasteiger charge is -2.10. The van der Waals surface area contributed by atoms with E-state index in [1.807, 2.05) is 36.4 Å². The molecule has 3 heterocycles. The number of hydrogen-bond donors (Lipinski definition) is 2. The predicted molar refractivity (Wildman–Crippen MR) is 87.3 cm³/mol. The number of rotatable bonds is 2. The Hall–Kier alpha value is -3.28. The molecule has 0 atom stereocenters. The van der Waals surface area contributed by atoms with E-state index < -0.39 is 0 Å². The molecule has 3 aromatic rings. The summed E-state index contributed by atoms with van der Waals surface area (Å²) in [7, 11) is 0. The maximum absolute atomic E-state index is 12.0. The van der Waals surface area contributed by atoms with Gasteiger partial charge >= 0.3 is 0 Å². The molecule has 112 valence electrons. The van der Waals surface area contributed by atoms with Crippen LogP contribution in [0.1, 0.15) is 5.56 Å². The van der Waals surface area contributed by atoms with Crippen LogP contribution in [0.4, 0.5) is 17.3 Å². The minimum atomic E-state index is -0.0923. The quantitative estimate of drug-likeness (QED) is 0.761. The number of benzene rings is 1. The fourth-order valence-corrected chi connectivity index (χ4v) is 2.55. The van der Waals surface area contributed by atoms with Crippen molar-refractivity contribution in [2.75, 3.05) is 10.6 Å². The van der Waals surface area contributed by atoms with Gasteiger partial charge in [0.1, 0.15) is 0 Å². The molecule has 0 radical (unpaired) electrons. The number of fused-ring (bicyclic) bond motifs is 3. The topological polar surface area (TPSA) is 79.8 Å². The molecular formula is C17H13N5O. The molecule has 6 nitrogen and oxygen atoms in total. The van der Waals surface area contributed by atoms with Crippen molar-refractivity contribution in [2.45, 2.75) is 6.42 Å². The molecule has 23 heavy (non-hydrogen) atoms. The van der Waals surface area contributed by atoms with E-state index in [0.29, 0.717) is 11.6 Å². The molecule has 2 aromatic heterocycles. The molecule has 0 saturated carbocycles. The van der Waals surface area contributed by atoms with Crippen LogP contribution in [0, 0.1) is 0 Å². The van der Waals surface area contributed by atoms with E-state index in [4.69, 9.17) is 0 Å². The maximum Gasteiger partial charge on any atom is 0.228 e. The Bertz CT molecular complexity index is 879. The fraction of sp³-hybridized carbons (Fsp3) is 0.0588. The number of nitrogens with zero attached hydrogens (tertiary/aromatic N) is 3. The Morgan fingerprint density at radius 2 is 1.96 bits per heavy atom. The molecule has 1 aromatic carbocycles. The molecule has 0 unspecified atom stereocenters. The monoisotopic (exact) mass is 303 g/mol. The Kier molecular flexibility index (Phi) is 3.20. The van der Waals surface area contributed by atoms with Gasteiger partial charge in [-0.1, -0.05) is 18.2 Å². The highest BCUT2D eigenvalue weighted by Gasteiger charge is 2.20. The normalized spacial score (nSPS) is 12.6.